The van der Waals surface area contributed by atoms with Gasteiger partial charge in [0.2, 0.25) is 17.7 Å². The van der Waals surface area contributed by atoms with E-state index in [1.54, 1.807) is 36.3 Å². The largest absolute Gasteiger partial charge is 0.493 e. The monoisotopic (exact) mass is 528 g/mol. The van der Waals surface area contributed by atoms with Crippen molar-refractivity contribution in [3.8, 4) is 11.5 Å². The van der Waals surface area contributed by atoms with E-state index in [9.17, 15) is 18.8 Å². The van der Waals surface area contributed by atoms with Gasteiger partial charge in [-0.1, -0.05) is 31.5 Å². The van der Waals surface area contributed by atoms with Crippen LogP contribution in [0, 0.1) is 5.82 Å². The molecular weight excluding hydrogens is 491 g/mol. The van der Waals surface area contributed by atoms with Crippen molar-refractivity contribution in [2.24, 2.45) is 5.73 Å². The summed E-state index contributed by atoms with van der Waals surface area (Å²) in [5.41, 5.74) is 7.78. The predicted molar refractivity (Wildman–Crippen MR) is 141 cm³/mol. The minimum atomic E-state index is -0.874. The van der Waals surface area contributed by atoms with Gasteiger partial charge in [0.25, 0.3) is 0 Å². The van der Waals surface area contributed by atoms with E-state index >= 15 is 0 Å². The van der Waals surface area contributed by atoms with E-state index in [-0.39, 0.29) is 49.5 Å². The number of hydrogen-bond donors (Lipinski definition) is 2. The third-order valence-electron chi connectivity index (χ3n) is 6.86. The van der Waals surface area contributed by atoms with Crippen LogP contribution in [-0.4, -0.2) is 80.0 Å². The summed E-state index contributed by atoms with van der Waals surface area (Å²) in [6, 6.07) is 8.85. The Labute approximate surface area is 223 Å². The summed E-state index contributed by atoms with van der Waals surface area (Å²) in [6.07, 6.45) is 1.61. The van der Waals surface area contributed by atoms with Crippen LogP contribution in [0.15, 0.2) is 42.5 Å². The summed E-state index contributed by atoms with van der Waals surface area (Å²) in [6.45, 7) is 2.39. The van der Waals surface area contributed by atoms with Crippen LogP contribution in [0.5, 0.6) is 11.5 Å². The summed E-state index contributed by atoms with van der Waals surface area (Å²) >= 11 is 0. The molecule has 3 unspecified atom stereocenters. The zero-order valence-electron chi connectivity index (χ0n) is 22.4. The summed E-state index contributed by atoms with van der Waals surface area (Å²) < 4.78 is 24.0. The Bertz CT molecular complexity index is 1130. The molecule has 1 fully saturated rings. The minimum absolute atomic E-state index is 0.194. The molecule has 9 nitrogen and oxygen atoms in total. The van der Waals surface area contributed by atoms with E-state index in [0.29, 0.717) is 24.3 Å². The second-order valence-electron chi connectivity index (χ2n) is 9.33. The van der Waals surface area contributed by atoms with Gasteiger partial charge >= 0.3 is 0 Å². The molecule has 0 aromatic heterocycles. The van der Waals surface area contributed by atoms with Crippen molar-refractivity contribution in [1.82, 2.24) is 15.1 Å². The van der Waals surface area contributed by atoms with Gasteiger partial charge in [0.05, 0.1) is 20.3 Å². The summed E-state index contributed by atoms with van der Waals surface area (Å²) in [7, 11) is 4.61. The number of rotatable bonds is 11. The lowest BCUT2D eigenvalue weighted by Gasteiger charge is -2.44. The Hall–Kier alpha value is -3.66. The van der Waals surface area contributed by atoms with Crippen LogP contribution in [0.2, 0.25) is 0 Å². The number of methoxy groups -OCH3 is 2. The van der Waals surface area contributed by atoms with Crippen LogP contribution in [0.1, 0.15) is 30.9 Å². The first-order valence-corrected chi connectivity index (χ1v) is 12.8. The summed E-state index contributed by atoms with van der Waals surface area (Å²) in [5.74, 6) is -0.183. The third kappa shape index (κ3) is 6.61. The molecule has 2 aromatic rings. The Kier molecular flexibility index (Phi) is 10.1. The number of benzene rings is 2. The van der Waals surface area contributed by atoms with Gasteiger partial charge in [-0.25, -0.2) is 4.39 Å². The lowest BCUT2D eigenvalue weighted by atomic mass is 9.97. The zero-order chi connectivity index (χ0) is 27.8. The highest BCUT2D eigenvalue weighted by Gasteiger charge is 2.42. The van der Waals surface area contributed by atoms with Gasteiger partial charge in [-0.15, -0.1) is 0 Å². The highest BCUT2D eigenvalue weighted by Crippen LogP contribution is 2.29. The zero-order valence-corrected chi connectivity index (χ0v) is 22.4. The van der Waals surface area contributed by atoms with E-state index in [4.69, 9.17) is 15.2 Å². The second-order valence-corrected chi connectivity index (χ2v) is 9.33. The van der Waals surface area contributed by atoms with Crippen LogP contribution in [0.3, 0.4) is 0 Å². The fraction of sp³-hybridized carbons (Fsp3) is 0.464. The Morgan fingerprint density at radius 1 is 1.05 bits per heavy atom. The molecule has 1 heterocycles. The topological polar surface area (TPSA) is 114 Å². The number of hydrogen-bond acceptors (Lipinski definition) is 6. The Balaban J connectivity index is 1.81. The normalized spacial score (nSPS) is 17.1. The van der Waals surface area contributed by atoms with E-state index in [1.165, 1.54) is 31.2 Å². The molecule has 3 atom stereocenters. The van der Waals surface area contributed by atoms with Crippen molar-refractivity contribution >= 4 is 17.7 Å². The van der Waals surface area contributed by atoms with E-state index in [2.05, 4.69) is 5.32 Å². The quantitative estimate of drug-likeness (QED) is 0.461. The van der Waals surface area contributed by atoms with Crippen LogP contribution >= 0.6 is 0 Å². The van der Waals surface area contributed by atoms with Crippen LogP contribution in [-0.2, 0) is 27.2 Å². The predicted octanol–water partition coefficient (Wildman–Crippen LogP) is 1.91. The van der Waals surface area contributed by atoms with Crippen molar-refractivity contribution in [2.45, 2.75) is 50.7 Å². The molecule has 1 saturated heterocycles. The first-order chi connectivity index (χ1) is 18.2. The molecule has 0 radical (unpaired) electrons. The molecule has 0 bridgehead atoms. The average Bonchev–Trinajstić information content (AvgIpc) is 2.93. The number of nitrogens with one attached hydrogen (secondary N) is 1. The maximum Gasteiger partial charge on any atom is 0.246 e. The van der Waals surface area contributed by atoms with E-state index in [0.717, 1.165) is 11.1 Å². The number of piperazine rings is 1. The number of carbonyl (C=O) groups excluding carboxylic acids is 3. The van der Waals surface area contributed by atoms with Crippen LogP contribution in [0.4, 0.5) is 4.39 Å². The molecule has 2 aromatic carbocycles. The number of carbonyl (C=O) groups is 3. The molecule has 1 aliphatic heterocycles. The number of halogens is 1. The molecule has 3 amide bonds. The van der Waals surface area contributed by atoms with Gasteiger partial charge < -0.3 is 30.3 Å². The van der Waals surface area contributed by atoms with Crippen LogP contribution < -0.4 is 20.5 Å². The lowest BCUT2D eigenvalue weighted by Crippen LogP contribution is -2.65. The molecule has 3 rings (SSSR count). The maximum atomic E-state index is 13.7. The van der Waals surface area contributed by atoms with Gasteiger partial charge in [0, 0.05) is 26.6 Å². The standard InChI is InChI=1S/C28H37FN4O5/c1-5-6-22-28(36)33(14-13-32(22)27(35)21(30)15-18-7-10-20(29)11-8-18)23(26(34)31-2)16-19-9-12-24(37-3)25(17-19)38-4/h7-12,17,21-23H,5-6,13-16,30H2,1-4H3,(H,31,34). The number of likely N-dealkylation sites (N-methyl/N-ethyl adjacent to an activating group) is 1. The molecule has 0 saturated carbocycles. The first kappa shape index (κ1) is 28.9. The average molecular weight is 529 g/mol. The highest BCUT2D eigenvalue weighted by molar-refractivity contribution is 5.94. The lowest BCUT2D eigenvalue weighted by molar-refractivity contribution is -0.156. The van der Waals surface area contributed by atoms with Crippen LogP contribution in [0.25, 0.3) is 0 Å². The molecule has 0 spiro atoms. The van der Waals surface area contributed by atoms with Gasteiger partial charge in [-0.2, -0.15) is 0 Å². The molecular formula is C28H37FN4O5. The summed E-state index contributed by atoms with van der Waals surface area (Å²) in [5, 5.41) is 2.67. The van der Waals surface area contributed by atoms with Gasteiger partial charge in [0.15, 0.2) is 11.5 Å². The first-order valence-electron chi connectivity index (χ1n) is 12.8. The van der Waals surface area contributed by atoms with Gasteiger partial charge in [-0.05, 0) is 48.2 Å². The van der Waals surface area contributed by atoms with E-state index < -0.39 is 18.1 Å². The number of amides is 3. The number of ether oxygens (including phenoxy) is 2. The van der Waals surface area contributed by atoms with Crippen molar-refractivity contribution in [3.63, 3.8) is 0 Å². The highest BCUT2D eigenvalue weighted by atomic mass is 19.1. The fourth-order valence-corrected chi connectivity index (χ4v) is 4.85. The SMILES string of the molecule is CCCC1C(=O)N(C(Cc2ccc(OC)c(OC)c2)C(=O)NC)CCN1C(=O)C(N)Cc1ccc(F)cc1. The van der Waals surface area contributed by atoms with Crippen molar-refractivity contribution < 1.29 is 28.2 Å². The minimum Gasteiger partial charge on any atom is -0.493 e. The van der Waals surface area contributed by atoms with Crippen molar-refractivity contribution in [2.75, 3.05) is 34.4 Å². The van der Waals surface area contributed by atoms with Gasteiger partial charge in [-0.3, -0.25) is 14.4 Å². The summed E-state index contributed by atoms with van der Waals surface area (Å²) in [4.78, 5) is 43.2. The van der Waals surface area contributed by atoms with E-state index in [1.807, 2.05) is 13.0 Å². The fourth-order valence-electron chi connectivity index (χ4n) is 4.85. The smallest absolute Gasteiger partial charge is 0.246 e. The third-order valence-corrected chi connectivity index (χ3v) is 6.86. The van der Waals surface area contributed by atoms with Crippen molar-refractivity contribution in [3.05, 3.63) is 59.4 Å². The molecule has 206 valence electrons. The number of nitrogens with two attached hydrogens (primary N) is 1. The second kappa shape index (κ2) is 13.2. The number of nitrogens with zero attached hydrogens (tertiary/aromatic N) is 2. The molecule has 1 aliphatic rings. The Morgan fingerprint density at radius 2 is 1.71 bits per heavy atom. The van der Waals surface area contributed by atoms with Crippen molar-refractivity contribution in [1.29, 1.82) is 0 Å². The van der Waals surface area contributed by atoms with Gasteiger partial charge in [0.1, 0.15) is 17.9 Å². The molecule has 10 heteroatoms. The maximum absolute atomic E-state index is 13.7. The molecule has 38 heavy (non-hydrogen) atoms. The Morgan fingerprint density at radius 3 is 2.32 bits per heavy atom. The molecule has 3 N–H and O–H groups in total. The molecule has 0 aliphatic carbocycles.